The first-order valence-corrected chi connectivity index (χ1v) is 11.3. The Hall–Kier alpha value is -4.11. The minimum atomic E-state index is 0.215. The molecule has 0 saturated carbocycles. The van der Waals surface area contributed by atoms with Crippen molar-refractivity contribution in [1.82, 2.24) is 24.3 Å². The van der Waals surface area contributed by atoms with E-state index in [1.54, 1.807) is 13.3 Å². The number of benzene rings is 1. The molecule has 9 nitrogen and oxygen atoms in total. The molecule has 6 rings (SSSR count). The first-order chi connectivity index (χ1) is 16.7. The Balaban J connectivity index is 1.35. The molecule has 5 heterocycles. The highest BCUT2D eigenvalue weighted by Crippen LogP contribution is 2.35. The number of rotatable bonds is 6. The summed E-state index contributed by atoms with van der Waals surface area (Å²) in [5.74, 6) is 1.73. The van der Waals surface area contributed by atoms with Gasteiger partial charge in [0.1, 0.15) is 5.75 Å². The molecule has 9 heteroatoms. The van der Waals surface area contributed by atoms with Crippen molar-refractivity contribution >= 4 is 33.9 Å². The molecule has 1 saturated heterocycles. The average molecular weight is 456 g/mol. The number of imidazole rings is 1. The van der Waals surface area contributed by atoms with E-state index < -0.39 is 0 Å². The highest BCUT2D eigenvalue weighted by molar-refractivity contribution is 5.81. The van der Waals surface area contributed by atoms with E-state index in [1.165, 1.54) is 0 Å². The molecular formula is C25H25N7O2. The molecule has 5 aromatic rings. The number of nitrogens with zero attached hydrogens (tertiary/aromatic N) is 5. The maximum absolute atomic E-state index is 9.49. The summed E-state index contributed by atoms with van der Waals surface area (Å²) in [6.45, 7) is 1.95. The lowest BCUT2D eigenvalue weighted by atomic mass is 10.1. The van der Waals surface area contributed by atoms with Gasteiger partial charge >= 0.3 is 0 Å². The summed E-state index contributed by atoms with van der Waals surface area (Å²) in [6.07, 6.45) is 10.3. The van der Waals surface area contributed by atoms with Crippen LogP contribution in [0.2, 0.25) is 0 Å². The van der Waals surface area contributed by atoms with Gasteiger partial charge in [0.25, 0.3) is 0 Å². The van der Waals surface area contributed by atoms with Crippen molar-refractivity contribution in [1.29, 1.82) is 0 Å². The molecule has 1 aliphatic rings. The Morgan fingerprint density at radius 3 is 3.03 bits per heavy atom. The van der Waals surface area contributed by atoms with E-state index >= 15 is 0 Å². The Kier molecular flexibility index (Phi) is 5.03. The van der Waals surface area contributed by atoms with Gasteiger partial charge in [0, 0.05) is 73.9 Å². The lowest BCUT2D eigenvalue weighted by molar-refractivity contribution is 0.238. The van der Waals surface area contributed by atoms with Crippen LogP contribution in [0, 0.1) is 5.92 Å². The fourth-order valence-corrected chi connectivity index (χ4v) is 4.58. The number of ether oxygens (including phenoxy) is 1. The van der Waals surface area contributed by atoms with Gasteiger partial charge in [-0.1, -0.05) is 0 Å². The van der Waals surface area contributed by atoms with Gasteiger partial charge in [0.2, 0.25) is 0 Å². The molecule has 1 aromatic carbocycles. The number of anilines is 3. The first kappa shape index (κ1) is 20.5. The van der Waals surface area contributed by atoms with Crippen LogP contribution < -0.4 is 15.0 Å². The Labute approximate surface area is 196 Å². The van der Waals surface area contributed by atoms with Crippen molar-refractivity contribution in [2.75, 3.05) is 37.0 Å². The van der Waals surface area contributed by atoms with Gasteiger partial charge in [-0.2, -0.15) is 0 Å². The van der Waals surface area contributed by atoms with Gasteiger partial charge in [-0.15, -0.1) is 0 Å². The Morgan fingerprint density at radius 1 is 1.24 bits per heavy atom. The number of methoxy groups -OCH3 is 1. The highest BCUT2D eigenvalue weighted by Gasteiger charge is 2.24. The SMILES string of the molecule is COc1cc(Nc2nc(-c3cnc4cc[nH]c4c3)cn3ccnc23)ccc1N1CC[C@H](CO)C1. The van der Waals surface area contributed by atoms with Crippen LogP contribution in [0.5, 0.6) is 5.75 Å². The van der Waals surface area contributed by atoms with Crippen LogP contribution in [0.3, 0.4) is 0 Å². The van der Waals surface area contributed by atoms with Gasteiger partial charge in [0.15, 0.2) is 11.5 Å². The summed E-state index contributed by atoms with van der Waals surface area (Å²) in [5, 5.41) is 12.9. The van der Waals surface area contributed by atoms with E-state index in [1.807, 2.05) is 53.5 Å². The largest absolute Gasteiger partial charge is 0.495 e. The molecule has 172 valence electrons. The van der Waals surface area contributed by atoms with E-state index in [0.29, 0.717) is 11.7 Å². The van der Waals surface area contributed by atoms with Gasteiger partial charge in [-0.25, -0.2) is 9.97 Å². The van der Waals surface area contributed by atoms with Crippen LogP contribution in [-0.4, -0.2) is 56.2 Å². The number of H-pyrrole nitrogens is 1. The van der Waals surface area contributed by atoms with Crippen molar-refractivity contribution in [3.05, 3.63) is 61.3 Å². The zero-order valence-electron chi connectivity index (χ0n) is 18.8. The smallest absolute Gasteiger partial charge is 0.180 e. The third kappa shape index (κ3) is 3.60. The van der Waals surface area contributed by atoms with Crippen molar-refractivity contribution in [2.24, 2.45) is 5.92 Å². The van der Waals surface area contributed by atoms with Crippen LogP contribution in [0.4, 0.5) is 17.2 Å². The molecule has 34 heavy (non-hydrogen) atoms. The third-order valence-corrected chi connectivity index (χ3v) is 6.40. The summed E-state index contributed by atoms with van der Waals surface area (Å²) in [7, 11) is 1.68. The molecule has 1 fully saturated rings. The van der Waals surface area contributed by atoms with Crippen molar-refractivity contribution < 1.29 is 9.84 Å². The molecule has 4 aromatic heterocycles. The number of hydrogen-bond donors (Lipinski definition) is 3. The number of pyridine rings is 1. The number of hydrogen-bond acceptors (Lipinski definition) is 7. The second-order valence-electron chi connectivity index (χ2n) is 8.56. The number of fused-ring (bicyclic) bond motifs is 2. The highest BCUT2D eigenvalue weighted by atomic mass is 16.5. The normalized spacial score (nSPS) is 15.9. The fourth-order valence-electron chi connectivity index (χ4n) is 4.58. The molecular weight excluding hydrogens is 430 g/mol. The number of aromatic amines is 1. The number of nitrogens with one attached hydrogen (secondary N) is 2. The molecule has 0 radical (unpaired) electrons. The maximum atomic E-state index is 9.49. The molecule has 0 amide bonds. The van der Waals surface area contributed by atoms with E-state index in [0.717, 1.165) is 64.6 Å². The van der Waals surface area contributed by atoms with Crippen LogP contribution >= 0.6 is 0 Å². The summed E-state index contributed by atoms with van der Waals surface area (Å²) in [6, 6.07) is 10.0. The third-order valence-electron chi connectivity index (χ3n) is 6.40. The van der Waals surface area contributed by atoms with E-state index in [4.69, 9.17) is 9.72 Å². The topological polar surface area (TPSA) is 104 Å². The van der Waals surface area contributed by atoms with Crippen LogP contribution in [0.1, 0.15) is 6.42 Å². The van der Waals surface area contributed by atoms with Crippen molar-refractivity contribution in [3.63, 3.8) is 0 Å². The van der Waals surface area contributed by atoms with Gasteiger partial charge in [-0.3, -0.25) is 4.98 Å². The van der Waals surface area contributed by atoms with Crippen LogP contribution in [0.25, 0.3) is 27.9 Å². The molecule has 0 bridgehead atoms. The monoisotopic (exact) mass is 455 g/mol. The lowest BCUT2D eigenvalue weighted by Crippen LogP contribution is -2.21. The van der Waals surface area contributed by atoms with E-state index in [9.17, 15) is 5.11 Å². The van der Waals surface area contributed by atoms with E-state index in [-0.39, 0.29) is 6.61 Å². The predicted octanol–water partition coefficient (Wildman–Crippen LogP) is 3.84. The minimum absolute atomic E-state index is 0.215. The maximum Gasteiger partial charge on any atom is 0.180 e. The second kappa shape index (κ2) is 8.35. The summed E-state index contributed by atoms with van der Waals surface area (Å²) in [5.41, 5.74) is 6.19. The Morgan fingerprint density at radius 2 is 2.18 bits per heavy atom. The molecule has 3 N–H and O–H groups in total. The Bertz CT molecular complexity index is 1470. The zero-order valence-corrected chi connectivity index (χ0v) is 18.8. The second-order valence-corrected chi connectivity index (χ2v) is 8.56. The fraction of sp³-hybridized carbons (Fsp3) is 0.240. The van der Waals surface area contributed by atoms with Crippen molar-refractivity contribution in [2.45, 2.75) is 6.42 Å². The van der Waals surface area contributed by atoms with Gasteiger partial charge in [-0.05, 0) is 30.7 Å². The number of aliphatic hydroxyl groups excluding tert-OH is 1. The number of aliphatic hydroxyl groups is 1. The molecule has 1 atom stereocenters. The molecule has 0 spiro atoms. The lowest BCUT2D eigenvalue weighted by Gasteiger charge is -2.22. The summed E-state index contributed by atoms with van der Waals surface area (Å²) >= 11 is 0. The first-order valence-electron chi connectivity index (χ1n) is 11.3. The number of aromatic nitrogens is 5. The van der Waals surface area contributed by atoms with Gasteiger partial charge < -0.3 is 29.4 Å². The predicted molar refractivity (Wildman–Crippen MR) is 132 cm³/mol. The summed E-state index contributed by atoms with van der Waals surface area (Å²) in [4.78, 5) is 19.4. The van der Waals surface area contributed by atoms with Gasteiger partial charge in [0.05, 0.1) is 29.5 Å². The zero-order chi connectivity index (χ0) is 23.1. The molecule has 0 unspecified atom stereocenters. The van der Waals surface area contributed by atoms with E-state index in [2.05, 4.69) is 31.2 Å². The standard InChI is InChI=1S/C25H25N7O2/c1-34-23-11-18(2-3-22(23)31-8-5-16(13-31)15-33)29-24-25-27-7-9-32(25)14-21(30-24)17-10-20-19(28-12-17)4-6-26-20/h2-4,6-7,9-12,14,16,26,33H,5,8,13,15H2,1H3,(H,29,30)/t16-/m0/s1. The minimum Gasteiger partial charge on any atom is -0.495 e. The van der Waals surface area contributed by atoms with Crippen LogP contribution in [0.15, 0.2) is 61.3 Å². The quantitative estimate of drug-likeness (QED) is 0.357. The molecule has 0 aliphatic carbocycles. The van der Waals surface area contributed by atoms with Crippen LogP contribution in [-0.2, 0) is 0 Å². The van der Waals surface area contributed by atoms with Crippen molar-refractivity contribution in [3.8, 4) is 17.0 Å². The average Bonchev–Trinajstić information content (AvgIpc) is 3.63. The summed E-state index contributed by atoms with van der Waals surface area (Å²) < 4.78 is 7.66. The molecule has 1 aliphatic heterocycles.